The van der Waals surface area contributed by atoms with Crippen LogP contribution in [0.1, 0.15) is 38.8 Å². The standard InChI is InChI=1S/C14H14O3.2C2H6/c15-13(16)14(17,11-7-3-1-4-8-11)12-9-5-2-6-10-12;2*1-2/h1-10,13,15-17H;2*1-2H3. The van der Waals surface area contributed by atoms with Crippen LogP contribution in [-0.4, -0.2) is 21.6 Å². The highest BCUT2D eigenvalue weighted by Crippen LogP contribution is 2.31. The molecular weight excluding hydrogens is 264 g/mol. The first-order chi connectivity index (χ1) is 10.2. The number of rotatable bonds is 3. The molecule has 0 unspecified atom stereocenters. The van der Waals surface area contributed by atoms with Crippen LogP contribution in [0, 0.1) is 0 Å². The van der Waals surface area contributed by atoms with E-state index in [-0.39, 0.29) is 0 Å². The van der Waals surface area contributed by atoms with Gasteiger partial charge in [-0.15, -0.1) is 0 Å². The van der Waals surface area contributed by atoms with Crippen molar-refractivity contribution in [1.29, 1.82) is 0 Å². The van der Waals surface area contributed by atoms with Gasteiger partial charge in [0.1, 0.15) is 0 Å². The summed E-state index contributed by atoms with van der Waals surface area (Å²) in [5.74, 6) is 0. The first kappa shape index (κ1) is 19.3. The number of hydrogen-bond donors (Lipinski definition) is 3. The Balaban J connectivity index is 0.000000921. The van der Waals surface area contributed by atoms with Gasteiger partial charge >= 0.3 is 0 Å². The average molecular weight is 290 g/mol. The monoisotopic (exact) mass is 290 g/mol. The van der Waals surface area contributed by atoms with E-state index in [0.717, 1.165) is 0 Å². The Morgan fingerprint density at radius 1 is 0.667 bits per heavy atom. The quantitative estimate of drug-likeness (QED) is 0.760. The molecule has 3 N–H and O–H groups in total. The number of benzene rings is 2. The van der Waals surface area contributed by atoms with Crippen LogP contribution >= 0.6 is 0 Å². The van der Waals surface area contributed by atoms with Gasteiger partial charge in [-0.1, -0.05) is 88.4 Å². The largest absolute Gasteiger partial charge is 0.375 e. The first-order valence-electron chi connectivity index (χ1n) is 7.35. The van der Waals surface area contributed by atoms with Crippen molar-refractivity contribution in [3.63, 3.8) is 0 Å². The molecule has 116 valence electrons. The summed E-state index contributed by atoms with van der Waals surface area (Å²) in [4.78, 5) is 0. The zero-order chi connectivity index (χ0) is 16.3. The second-order valence-corrected chi connectivity index (χ2v) is 3.87. The molecule has 0 radical (unpaired) electrons. The molecule has 0 saturated heterocycles. The van der Waals surface area contributed by atoms with Gasteiger partial charge in [0.2, 0.25) is 0 Å². The van der Waals surface area contributed by atoms with Crippen LogP contribution in [0.5, 0.6) is 0 Å². The maximum Gasteiger partial charge on any atom is 0.189 e. The van der Waals surface area contributed by atoms with Crippen LogP contribution in [0.2, 0.25) is 0 Å². The lowest BCUT2D eigenvalue weighted by Gasteiger charge is -2.30. The highest BCUT2D eigenvalue weighted by molar-refractivity contribution is 5.36. The summed E-state index contributed by atoms with van der Waals surface area (Å²) in [7, 11) is 0. The van der Waals surface area contributed by atoms with E-state index in [1.165, 1.54) is 0 Å². The van der Waals surface area contributed by atoms with E-state index in [1.54, 1.807) is 60.7 Å². The maximum absolute atomic E-state index is 10.5. The Hall–Kier alpha value is -1.68. The molecule has 2 aromatic carbocycles. The Kier molecular flexibility index (Phi) is 9.30. The second-order valence-electron chi connectivity index (χ2n) is 3.87. The van der Waals surface area contributed by atoms with Gasteiger partial charge in [-0.3, -0.25) is 0 Å². The minimum Gasteiger partial charge on any atom is -0.375 e. The van der Waals surface area contributed by atoms with E-state index in [0.29, 0.717) is 11.1 Å². The lowest BCUT2D eigenvalue weighted by molar-refractivity contribution is -0.169. The molecule has 0 aliphatic rings. The molecule has 0 fully saturated rings. The van der Waals surface area contributed by atoms with Gasteiger partial charge in [-0.05, 0) is 11.1 Å². The Morgan fingerprint density at radius 3 is 1.19 bits per heavy atom. The van der Waals surface area contributed by atoms with Crippen molar-refractivity contribution >= 4 is 0 Å². The van der Waals surface area contributed by atoms with Gasteiger partial charge in [-0.25, -0.2) is 0 Å². The third-order valence-electron chi connectivity index (χ3n) is 2.80. The van der Waals surface area contributed by atoms with Crippen LogP contribution in [0.25, 0.3) is 0 Å². The minimum atomic E-state index is -1.88. The van der Waals surface area contributed by atoms with Crippen LogP contribution < -0.4 is 0 Å². The van der Waals surface area contributed by atoms with Gasteiger partial charge in [0, 0.05) is 0 Å². The molecule has 0 aliphatic heterocycles. The average Bonchev–Trinajstić information content (AvgIpc) is 2.59. The van der Waals surface area contributed by atoms with Crippen LogP contribution in [0.4, 0.5) is 0 Å². The summed E-state index contributed by atoms with van der Waals surface area (Å²) in [6.07, 6.45) is -1.88. The summed E-state index contributed by atoms with van der Waals surface area (Å²) in [6, 6.07) is 17.2. The van der Waals surface area contributed by atoms with E-state index in [9.17, 15) is 15.3 Å². The predicted octanol–water partition coefficient (Wildman–Crippen LogP) is 3.29. The molecule has 0 aromatic heterocycles. The van der Waals surface area contributed by atoms with E-state index < -0.39 is 11.9 Å². The molecular formula is C18H26O3. The zero-order valence-corrected chi connectivity index (χ0v) is 13.2. The first-order valence-corrected chi connectivity index (χ1v) is 7.35. The van der Waals surface area contributed by atoms with Gasteiger partial charge in [-0.2, -0.15) is 0 Å². The van der Waals surface area contributed by atoms with Gasteiger partial charge in [0.15, 0.2) is 11.9 Å². The Labute approximate surface area is 127 Å². The lowest BCUT2D eigenvalue weighted by Crippen LogP contribution is -2.40. The molecule has 0 aliphatic carbocycles. The van der Waals surface area contributed by atoms with Crippen molar-refractivity contribution < 1.29 is 15.3 Å². The van der Waals surface area contributed by atoms with Crippen molar-refractivity contribution in [2.75, 3.05) is 0 Å². The normalized spacial score (nSPS) is 10.1. The molecule has 3 nitrogen and oxygen atoms in total. The molecule has 0 heterocycles. The summed E-state index contributed by atoms with van der Waals surface area (Å²) >= 11 is 0. The van der Waals surface area contributed by atoms with E-state index in [4.69, 9.17) is 0 Å². The van der Waals surface area contributed by atoms with Gasteiger partial charge in [0.05, 0.1) is 0 Å². The molecule has 21 heavy (non-hydrogen) atoms. The van der Waals surface area contributed by atoms with Crippen LogP contribution in [0.15, 0.2) is 60.7 Å². The third kappa shape index (κ3) is 4.67. The van der Waals surface area contributed by atoms with Gasteiger partial charge < -0.3 is 15.3 Å². The summed E-state index contributed by atoms with van der Waals surface area (Å²) in [5.41, 5.74) is -0.912. The van der Waals surface area contributed by atoms with Crippen molar-refractivity contribution in [2.45, 2.75) is 39.6 Å². The molecule has 2 rings (SSSR count). The maximum atomic E-state index is 10.5. The highest BCUT2D eigenvalue weighted by atomic mass is 16.5. The predicted molar refractivity (Wildman–Crippen MR) is 86.8 cm³/mol. The molecule has 0 amide bonds. The molecule has 0 atom stereocenters. The van der Waals surface area contributed by atoms with E-state index >= 15 is 0 Å². The fraction of sp³-hybridized carbons (Fsp3) is 0.333. The molecule has 2 aromatic rings. The summed E-state index contributed by atoms with van der Waals surface area (Å²) in [5, 5.41) is 29.5. The molecule has 0 saturated carbocycles. The number of aliphatic hydroxyl groups excluding tert-OH is 1. The van der Waals surface area contributed by atoms with E-state index in [1.807, 2.05) is 27.7 Å². The number of aliphatic hydroxyl groups is 3. The fourth-order valence-corrected chi connectivity index (χ4v) is 1.85. The molecule has 3 heteroatoms. The van der Waals surface area contributed by atoms with Crippen molar-refractivity contribution in [1.82, 2.24) is 0 Å². The van der Waals surface area contributed by atoms with Crippen molar-refractivity contribution in [2.24, 2.45) is 0 Å². The van der Waals surface area contributed by atoms with E-state index in [2.05, 4.69) is 0 Å². The molecule has 0 spiro atoms. The topological polar surface area (TPSA) is 60.7 Å². The molecule has 0 bridgehead atoms. The van der Waals surface area contributed by atoms with Gasteiger partial charge in [0.25, 0.3) is 0 Å². The summed E-state index contributed by atoms with van der Waals surface area (Å²) in [6.45, 7) is 8.00. The SMILES string of the molecule is CC.CC.OC(O)C(O)(c1ccccc1)c1ccccc1. The van der Waals surface area contributed by atoms with Crippen LogP contribution in [0.3, 0.4) is 0 Å². The van der Waals surface area contributed by atoms with Crippen LogP contribution in [-0.2, 0) is 5.60 Å². The Bertz CT molecular complexity index is 427. The number of hydrogen-bond acceptors (Lipinski definition) is 3. The summed E-state index contributed by atoms with van der Waals surface area (Å²) < 4.78 is 0. The smallest absolute Gasteiger partial charge is 0.189 e. The third-order valence-corrected chi connectivity index (χ3v) is 2.80. The fourth-order valence-electron chi connectivity index (χ4n) is 1.85. The Morgan fingerprint density at radius 2 is 0.952 bits per heavy atom. The lowest BCUT2D eigenvalue weighted by atomic mass is 9.86. The van der Waals surface area contributed by atoms with Crippen molar-refractivity contribution in [3.05, 3.63) is 71.8 Å². The zero-order valence-electron chi connectivity index (χ0n) is 13.2. The second kappa shape index (κ2) is 10.1. The minimum absolute atomic E-state index is 0.446. The highest BCUT2D eigenvalue weighted by Gasteiger charge is 2.38. The van der Waals surface area contributed by atoms with Crippen molar-refractivity contribution in [3.8, 4) is 0 Å².